The first-order valence-electron chi connectivity index (χ1n) is 6.49. The first-order valence-corrected chi connectivity index (χ1v) is 6.49. The van der Waals surface area contributed by atoms with Crippen LogP contribution in [0.1, 0.15) is 42.5 Å². The quantitative estimate of drug-likeness (QED) is 0.817. The van der Waals surface area contributed by atoms with E-state index in [1.165, 1.54) is 0 Å². The number of rotatable bonds is 4. The van der Waals surface area contributed by atoms with Gasteiger partial charge in [-0.2, -0.15) is 0 Å². The monoisotopic (exact) mass is 261 g/mol. The highest BCUT2D eigenvalue weighted by atomic mass is 16.4. The van der Waals surface area contributed by atoms with Crippen molar-refractivity contribution < 1.29 is 14.7 Å². The third-order valence-corrected chi connectivity index (χ3v) is 4.05. The molecule has 0 heterocycles. The molecule has 4 nitrogen and oxygen atoms in total. The summed E-state index contributed by atoms with van der Waals surface area (Å²) in [5.41, 5.74) is 2.16. The van der Waals surface area contributed by atoms with Crippen molar-refractivity contribution in [2.45, 2.75) is 39.7 Å². The van der Waals surface area contributed by atoms with E-state index in [1.54, 1.807) is 0 Å². The summed E-state index contributed by atoms with van der Waals surface area (Å²) >= 11 is 0. The molecule has 0 radical (unpaired) electrons. The lowest BCUT2D eigenvalue weighted by atomic mass is 9.97. The van der Waals surface area contributed by atoms with Crippen molar-refractivity contribution in [3.8, 4) is 0 Å². The van der Waals surface area contributed by atoms with Crippen LogP contribution in [0.4, 0.5) is 0 Å². The fourth-order valence-corrected chi connectivity index (χ4v) is 2.32. The van der Waals surface area contributed by atoms with Crippen molar-refractivity contribution in [3.63, 3.8) is 0 Å². The summed E-state index contributed by atoms with van der Waals surface area (Å²) in [6, 6.07) is 5.76. The molecule has 1 aliphatic rings. The predicted octanol–water partition coefficient (Wildman–Crippen LogP) is 2.35. The number of hydrogen-bond donors (Lipinski definition) is 2. The van der Waals surface area contributed by atoms with Gasteiger partial charge in [-0.1, -0.05) is 18.2 Å². The molecule has 0 aliphatic heterocycles. The molecule has 1 aromatic carbocycles. The molecule has 2 N–H and O–H groups in total. The van der Waals surface area contributed by atoms with Crippen LogP contribution < -0.4 is 5.32 Å². The van der Waals surface area contributed by atoms with Gasteiger partial charge < -0.3 is 10.4 Å². The van der Waals surface area contributed by atoms with Gasteiger partial charge in [0.25, 0.3) is 0 Å². The first-order chi connectivity index (χ1) is 8.88. The number of carbonyl (C=O) groups is 2. The number of aryl methyl sites for hydroxylation is 1. The van der Waals surface area contributed by atoms with Gasteiger partial charge >= 0.3 is 5.97 Å². The van der Waals surface area contributed by atoms with E-state index in [-0.39, 0.29) is 11.9 Å². The lowest BCUT2D eigenvalue weighted by molar-refractivity contribution is -0.149. The van der Waals surface area contributed by atoms with Gasteiger partial charge in [-0.3, -0.25) is 9.59 Å². The van der Waals surface area contributed by atoms with Crippen molar-refractivity contribution in [1.29, 1.82) is 0 Å². The largest absolute Gasteiger partial charge is 0.480 e. The lowest BCUT2D eigenvalue weighted by Gasteiger charge is -2.20. The van der Waals surface area contributed by atoms with E-state index in [0.29, 0.717) is 12.8 Å². The van der Waals surface area contributed by atoms with Crippen molar-refractivity contribution in [3.05, 3.63) is 34.9 Å². The number of carboxylic acid groups (broad SMARTS) is 1. The number of nitrogens with one attached hydrogen (secondary N) is 1. The Labute approximate surface area is 112 Å². The maximum absolute atomic E-state index is 12.1. The highest BCUT2D eigenvalue weighted by Gasteiger charge is 2.57. The Hall–Kier alpha value is -1.84. The third kappa shape index (κ3) is 2.35. The van der Waals surface area contributed by atoms with Gasteiger partial charge in [0.2, 0.25) is 5.91 Å². The maximum Gasteiger partial charge on any atom is 0.319 e. The molecule has 1 fully saturated rings. The normalized spacial score (nSPS) is 17.6. The second kappa shape index (κ2) is 4.68. The Bertz CT molecular complexity index is 532. The average molecular weight is 261 g/mol. The summed E-state index contributed by atoms with van der Waals surface area (Å²) in [5, 5.41) is 11.9. The number of benzene rings is 1. The van der Waals surface area contributed by atoms with Crippen LogP contribution in [0.25, 0.3) is 0 Å². The number of aliphatic carboxylic acids is 1. The zero-order chi connectivity index (χ0) is 14.2. The van der Waals surface area contributed by atoms with E-state index in [2.05, 4.69) is 5.32 Å². The molecule has 1 aliphatic carbocycles. The Balaban J connectivity index is 2.14. The van der Waals surface area contributed by atoms with Crippen LogP contribution in [0.15, 0.2) is 18.2 Å². The highest BCUT2D eigenvalue weighted by molar-refractivity contribution is 6.04. The molecular weight excluding hydrogens is 242 g/mol. The molecule has 0 spiro atoms. The minimum absolute atomic E-state index is 0.177. The van der Waals surface area contributed by atoms with Crippen molar-refractivity contribution in [2.75, 3.05) is 0 Å². The SMILES string of the molecule is Cc1cccc(C(C)NC(=O)C2(C(=O)O)CC2)c1C. The van der Waals surface area contributed by atoms with Gasteiger partial charge in [-0.25, -0.2) is 0 Å². The molecule has 1 aromatic rings. The molecule has 102 valence electrons. The van der Waals surface area contributed by atoms with Gasteiger partial charge in [0, 0.05) is 0 Å². The minimum atomic E-state index is -1.17. The summed E-state index contributed by atoms with van der Waals surface area (Å²) < 4.78 is 0. The summed E-state index contributed by atoms with van der Waals surface area (Å²) in [6.45, 7) is 5.92. The van der Waals surface area contributed by atoms with E-state index in [4.69, 9.17) is 5.11 Å². The minimum Gasteiger partial charge on any atom is -0.480 e. The molecule has 1 amide bonds. The summed E-state index contributed by atoms with van der Waals surface area (Å²) in [7, 11) is 0. The number of carboxylic acids is 1. The Morgan fingerprint density at radius 2 is 1.95 bits per heavy atom. The number of carbonyl (C=O) groups excluding carboxylic acids is 1. The zero-order valence-electron chi connectivity index (χ0n) is 11.5. The van der Waals surface area contributed by atoms with Crippen molar-refractivity contribution in [1.82, 2.24) is 5.32 Å². The molecular formula is C15H19NO3. The van der Waals surface area contributed by atoms with Crippen LogP contribution >= 0.6 is 0 Å². The summed E-state index contributed by atoms with van der Waals surface area (Å²) in [4.78, 5) is 23.2. The molecule has 1 atom stereocenters. The maximum atomic E-state index is 12.1. The van der Waals surface area contributed by atoms with Crippen molar-refractivity contribution >= 4 is 11.9 Å². The predicted molar refractivity (Wildman–Crippen MR) is 71.8 cm³/mol. The number of amides is 1. The third-order valence-electron chi connectivity index (χ3n) is 4.05. The van der Waals surface area contributed by atoms with Gasteiger partial charge in [0.15, 0.2) is 0 Å². The van der Waals surface area contributed by atoms with E-state index < -0.39 is 11.4 Å². The van der Waals surface area contributed by atoms with Crippen LogP contribution in [0, 0.1) is 19.3 Å². The smallest absolute Gasteiger partial charge is 0.319 e. The zero-order valence-corrected chi connectivity index (χ0v) is 11.5. The van der Waals surface area contributed by atoms with Crippen LogP contribution in [-0.2, 0) is 9.59 Å². The second-order valence-electron chi connectivity index (χ2n) is 5.37. The van der Waals surface area contributed by atoms with Crippen LogP contribution in [0.2, 0.25) is 0 Å². The molecule has 1 saturated carbocycles. The Morgan fingerprint density at radius 3 is 2.47 bits per heavy atom. The molecule has 0 saturated heterocycles. The summed E-state index contributed by atoms with van der Waals surface area (Å²) in [6.07, 6.45) is 0.876. The van der Waals surface area contributed by atoms with E-state index >= 15 is 0 Å². The van der Waals surface area contributed by atoms with Crippen LogP contribution in [-0.4, -0.2) is 17.0 Å². The standard InChI is InChI=1S/C15H19NO3/c1-9-5-4-6-12(10(9)2)11(3)16-13(17)15(7-8-15)14(18)19/h4-6,11H,7-8H2,1-3H3,(H,16,17)(H,18,19). The fraction of sp³-hybridized carbons (Fsp3) is 0.467. The van der Waals surface area contributed by atoms with Gasteiger partial charge in [0.1, 0.15) is 5.41 Å². The van der Waals surface area contributed by atoms with Gasteiger partial charge in [-0.15, -0.1) is 0 Å². The van der Waals surface area contributed by atoms with E-state index in [1.807, 2.05) is 39.0 Å². The van der Waals surface area contributed by atoms with E-state index in [9.17, 15) is 9.59 Å². The number of hydrogen-bond acceptors (Lipinski definition) is 2. The van der Waals surface area contributed by atoms with Crippen molar-refractivity contribution in [2.24, 2.45) is 5.41 Å². The Morgan fingerprint density at radius 1 is 1.32 bits per heavy atom. The fourth-order valence-electron chi connectivity index (χ4n) is 2.32. The van der Waals surface area contributed by atoms with Gasteiger partial charge in [0.05, 0.1) is 6.04 Å². The first kappa shape index (κ1) is 13.6. The lowest BCUT2D eigenvalue weighted by Crippen LogP contribution is -2.38. The highest BCUT2D eigenvalue weighted by Crippen LogP contribution is 2.46. The van der Waals surface area contributed by atoms with Crippen LogP contribution in [0.5, 0.6) is 0 Å². The second-order valence-corrected chi connectivity index (χ2v) is 5.37. The molecule has 4 heteroatoms. The molecule has 0 bridgehead atoms. The molecule has 1 unspecified atom stereocenters. The molecule has 19 heavy (non-hydrogen) atoms. The topological polar surface area (TPSA) is 66.4 Å². The average Bonchev–Trinajstić information content (AvgIpc) is 3.13. The Kier molecular flexibility index (Phi) is 3.35. The van der Waals surface area contributed by atoms with Gasteiger partial charge in [-0.05, 0) is 50.3 Å². The van der Waals surface area contributed by atoms with E-state index in [0.717, 1.165) is 16.7 Å². The summed E-state index contributed by atoms with van der Waals surface area (Å²) in [5.74, 6) is -1.38. The van der Waals surface area contributed by atoms with Crippen LogP contribution in [0.3, 0.4) is 0 Å². The molecule has 2 rings (SSSR count). The molecule has 0 aromatic heterocycles.